The number of ether oxygens (including phenoxy) is 5. The van der Waals surface area contributed by atoms with Gasteiger partial charge in [0.25, 0.3) is 0 Å². The molecule has 2 fully saturated rings. The van der Waals surface area contributed by atoms with Gasteiger partial charge in [-0.15, -0.1) is 0 Å². The Morgan fingerprint density at radius 3 is 2.62 bits per heavy atom. The van der Waals surface area contributed by atoms with Crippen LogP contribution in [0.1, 0.15) is 69.4 Å². The Bertz CT molecular complexity index is 1160. The van der Waals surface area contributed by atoms with Gasteiger partial charge in [-0.05, 0) is 88.3 Å². The van der Waals surface area contributed by atoms with Crippen molar-refractivity contribution in [2.45, 2.75) is 87.6 Å². The Kier molecular flexibility index (Phi) is 5.73. The maximum Gasteiger partial charge on any atom is 0.339 e. The lowest BCUT2D eigenvalue weighted by Gasteiger charge is -2.44. The number of benzene rings is 1. The van der Waals surface area contributed by atoms with Crippen LogP contribution in [-0.4, -0.2) is 71.8 Å². The highest BCUT2D eigenvalue weighted by molar-refractivity contribution is 5.86. The molecule has 9 nitrogen and oxygen atoms in total. The number of carbonyl (C=O) groups excluding carboxylic acids is 1. The monoisotopic (exact) mass is 513 g/mol. The number of aliphatic carboxylic acids is 1. The second-order valence-electron chi connectivity index (χ2n) is 11.6. The van der Waals surface area contributed by atoms with E-state index in [9.17, 15) is 14.7 Å². The number of nitrogens with zero attached hydrogens (tertiary/aromatic N) is 1. The molecular weight excluding hydrogens is 478 g/mol. The van der Waals surface area contributed by atoms with Crippen LogP contribution >= 0.6 is 0 Å². The fourth-order valence-electron chi connectivity index (χ4n) is 7.33. The molecule has 4 heterocycles. The van der Waals surface area contributed by atoms with E-state index in [1.54, 1.807) is 7.11 Å². The van der Waals surface area contributed by atoms with E-state index in [4.69, 9.17) is 23.7 Å². The first kappa shape index (κ1) is 24.6. The van der Waals surface area contributed by atoms with Crippen LogP contribution in [0.25, 0.3) is 0 Å². The van der Waals surface area contributed by atoms with E-state index < -0.39 is 35.7 Å². The fraction of sp³-hybridized carbons (Fsp3) is 0.643. The molecule has 37 heavy (non-hydrogen) atoms. The van der Waals surface area contributed by atoms with Crippen LogP contribution < -0.4 is 9.47 Å². The Hall–Kier alpha value is -2.78. The molecule has 1 spiro atoms. The molecule has 0 aromatic heterocycles. The summed E-state index contributed by atoms with van der Waals surface area (Å²) < 4.78 is 29.8. The van der Waals surface area contributed by atoms with Crippen molar-refractivity contribution in [1.29, 1.82) is 0 Å². The predicted octanol–water partition coefficient (Wildman–Crippen LogP) is 3.54. The number of carboxylic acids is 1. The third kappa shape index (κ3) is 3.89. The molecule has 1 N–H and O–H groups in total. The normalized spacial score (nSPS) is 33.5. The third-order valence-electron chi connectivity index (χ3n) is 8.84. The Balaban J connectivity index is 1.42. The van der Waals surface area contributed by atoms with Gasteiger partial charge in [-0.25, -0.2) is 4.79 Å². The molecule has 1 aromatic rings. The molecule has 200 valence electrons. The fourth-order valence-corrected chi connectivity index (χ4v) is 7.33. The number of hydrogen-bond donors (Lipinski definition) is 1. The highest BCUT2D eigenvalue weighted by Gasteiger charge is 2.59. The predicted molar refractivity (Wildman–Crippen MR) is 132 cm³/mol. The van der Waals surface area contributed by atoms with Crippen molar-refractivity contribution in [2.24, 2.45) is 0 Å². The summed E-state index contributed by atoms with van der Waals surface area (Å²) in [5.74, 6) is 0.0737. The summed E-state index contributed by atoms with van der Waals surface area (Å²) in [6.45, 7) is 5.79. The average molecular weight is 514 g/mol. The summed E-state index contributed by atoms with van der Waals surface area (Å²) in [7, 11) is 1.60. The van der Waals surface area contributed by atoms with Crippen LogP contribution in [0, 0.1) is 0 Å². The van der Waals surface area contributed by atoms with Crippen molar-refractivity contribution in [1.82, 2.24) is 4.90 Å². The maximum absolute atomic E-state index is 14.0. The number of rotatable bonds is 5. The van der Waals surface area contributed by atoms with E-state index in [1.165, 1.54) is 0 Å². The van der Waals surface area contributed by atoms with Crippen molar-refractivity contribution in [3.05, 3.63) is 35.1 Å². The number of esters is 1. The Labute approximate surface area is 216 Å². The lowest BCUT2D eigenvalue weighted by atomic mass is 9.77. The Morgan fingerprint density at radius 2 is 1.89 bits per heavy atom. The molecule has 4 atom stereocenters. The van der Waals surface area contributed by atoms with Gasteiger partial charge >= 0.3 is 11.9 Å². The topological polar surface area (TPSA) is 104 Å². The van der Waals surface area contributed by atoms with Gasteiger partial charge in [0.15, 0.2) is 23.2 Å². The molecule has 0 radical (unpaired) electrons. The van der Waals surface area contributed by atoms with Gasteiger partial charge < -0.3 is 28.8 Å². The number of methoxy groups -OCH3 is 1. The quantitative estimate of drug-likeness (QED) is 0.592. The van der Waals surface area contributed by atoms with Crippen LogP contribution in [0.4, 0.5) is 0 Å². The van der Waals surface area contributed by atoms with E-state index >= 15 is 0 Å². The molecule has 6 rings (SSSR count). The average Bonchev–Trinajstić information content (AvgIpc) is 3.51. The van der Waals surface area contributed by atoms with Gasteiger partial charge in [-0.2, -0.15) is 0 Å². The van der Waals surface area contributed by atoms with Crippen LogP contribution in [0.3, 0.4) is 0 Å². The first-order valence-corrected chi connectivity index (χ1v) is 13.2. The van der Waals surface area contributed by atoms with Crippen molar-refractivity contribution in [3.8, 4) is 11.5 Å². The van der Waals surface area contributed by atoms with Gasteiger partial charge in [-0.3, -0.25) is 9.69 Å². The largest absolute Gasteiger partial charge is 0.497 e. The minimum Gasteiger partial charge on any atom is -0.497 e. The van der Waals surface area contributed by atoms with Crippen molar-refractivity contribution < 1.29 is 38.4 Å². The molecule has 4 aliphatic heterocycles. The minimum atomic E-state index is -1.54. The molecule has 5 aliphatic rings. The van der Waals surface area contributed by atoms with Crippen LogP contribution in [0.15, 0.2) is 24.0 Å². The minimum absolute atomic E-state index is 0.185. The zero-order valence-electron chi connectivity index (χ0n) is 21.7. The second kappa shape index (κ2) is 8.63. The zero-order valence-corrected chi connectivity index (χ0v) is 21.7. The number of fused-ring (bicyclic) bond motifs is 3. The van der Waals surface area contributed by atoms with Gasteiger partial charge in [-0.1, -0.05) is 0 Å². The van der Waals surface area contributed by atoms with Gasteiger partial charge in [0, 0.05) is 6.54 Å². The molecule has 2 saturated heterocycles. The molecule has 0 bridgehead atoms. The first-order chi connectivity index (χ1) is 17.7. The summed E-state index contributed by atoms with van der Waals surface area (Å²) >= 11 is 0. The standard InChI is InChI=1S/C28H35NO8/c1-26(2)7-4-9-28(37-26,15-22(30)31)25(32)36-24-21(33-3)14-27-8-5-10-29(27)11-6-17-12-19-20(35-16-34-19)13-18(17)23(24)27/h12-14,23-24H,4-11,15-16H2,1-3H3,(H,30,31)/t23-,24?,27?,28?/m1/s1. The summed E-state index contributed by atoms with van der Waals surface area (Å²) in [6.07, 6.45) is 5.51. The summed E-state index contributed by atoms with van der Waals surface area (Å²) in [4.78, 5) is 28.3. The number of carboxylic acid groups (broad SMARTS) is 1. The van der Waals surface area contributed by atoms with E-state index in [0.717, 1.165) is 55.6 Å². The van der Waals surface area contributed by atoms with Crippen molar-refractivity contribution in [2.75, 3.05) is 27.0 Å². The highest BCUT2D eigenvalue weighted by Crippen LogP contribution is 2.56. The molecule has 0 saturated carbocycles. The lowest BCUT2D eigenvalue weighted by Crippen LogP contribution is -2.54. The molecule has 0 amide bonds. The van der Waals surface area contributed by atoms with E-state index in [-0.39, 0.29) is 18.2 Å². The number of hydrogen-bond acceptors (Lipinski definition) is 8. The van der Waals surface area contributed by atoms with Gasteiger partial charge in [0.05, 0.1) is 30.6 Å². The maximum atomic E-state index is 14.0. The van der Waals surface area contributed by atoms with Crippen LogP contribution in [-0.2, 0) is 30.2 Å². The van der Waals surface area contributed by atoms with Crippen molar-refractivity contribution in [3.63, 3.8) is 0 Å². The summed E-state index contributed by atoms with van der Waals surface area (Å²) in [6, 6.07) is 4.09. The SMILES string of the molecule is COC1=CC23CCCN2CCc2cc4c(cc2[C@@H]3C1OC(=O)C1(CC(=O)O)CCCC(C)(C)O1)OCO4. The second-order valence-corrected chi connectivity index (χ2v) is 11.6. The summed E-state index contributed by atoms with van der Waals surface area (Å²) in [5.41, 5.74) is -0.322. The zero-order chi connectivity index (χ0) is 26.0. The Morgan fingerprint density at radius 1 is 1.11 bits per heavy atom. The molecular formula is C28H35NO8. The van der Waals surface area contributed by atoms with E-state index in [2.05, 4.69) is 17.0 Å². The molecule has 1 aliphatic carbocycles. The van der Waals surface area contributed by atoms with E-state index in [1.807, 2.05) is 19.9 Å². The molecule has 3 unspecified atom stereocenters. The lowest BCUT2D eigenvalue weighted by molar-refractivity contribution is -0.216. The van der Waals surface area contributed by atoms with Gasteiger partial charge in [0.2, 0.25) is 6.79 Å². The van der Waals surface area contributed by atoms with Crippen LogP contribution in [0.5, 0.6) is 11.5 Å². The van der Waals surface area contributed by atoms with Crippen molar-refractivity contribution >= 4 is 11.9 Å². The van der Waals surface area contributed by atoms with Gasteiger partial charge in [0.1, 0.15) is 5.76 Å². The summed E-state index contributed by atoms with van der Waals surface area (Å²) in [5, 5.41) is 9.72. The molecule has 1 aromatic carbocycles. The first-order valence-electron chi connectivity index (χ1n) is 13.2. The third-order valence-corrected chi connectivity index (χ3v) is 8.84. The highest BCUT2D eigenvalue weighted by atomic mass is 16.7. The smallest absolute Gasteiger partial charge is 0.339 e. The van der Waals surface area contributed by atoms with Crippen LogP contribution in [0.2, 0.25) is 0 Å². The van der Waals surface area contributed by atoms with E-state index in [0.29, 0.717) is 24.4 Å². The number of carbonyl (C=O) groups is 2. The molecule has 9 heteroatoms.